The predicted octanol–water partition coefficient (Wildman–Crippen LogP) is 3.41. The number of pyridine rings is 1. The molecule has 0 N–H and O–H groups in total. The molecule has 5 heteroatoms. The van der Waals surface area contributed by atoms with Crippen LogP contribution < -0.4 is 4.90 Å². The Labute approximate surface area is 112 Å². The number of anilines is 1. The molecule has 0 fully saturated rings. The van der Waals surface area contributed by atoms with Crippen LogP contribution in [0.3, 0.4) is 0 Å². The van der Waals surface area contributed by atoms with Gasteiger partial charge in [-0.15, -0.1) is 11.3 Å². The third-order valence-corrected chi connectivity index (χ3v) is 3.94. The molecular weight excluding hydrogens is 298 g/mol. The van der Waals surface area contributed by atoms with Gasteiger partial charge in [0.25, 0.3) is 0 Å². The Hall–Kier alpha value is -1.38. The summed E-state index contributed by atoms with van der Waals surface area (Å²) < 4.78 is 1.10. The molecule has 0 aromatic carbocycles. The maximum atomic E-state index is 8.80. The van der Waals surface area contributed by atoms with E-state index in [4.69, 9.17) is 5.26 Å². The summed E-state index contributed by atoms with van der Waals surface area (Å²) >= 11 is 5.14. The Morgan fingerprint density at radius 3 is 3.00 bits per heavy atom. The van der Waals surface area contributed by atoms with Gasteiger partial charge < -0.3 is 4.90 Å². The van der Waals surface area contributed by atoms with Gasteiger partial charge in [0, 0.05) is 21.8 Å². The molecule has 86 valence electrons. The first kappa shape index (κ1) is 12.1. The third kappa shape index (κ3) is 3.05. The highest BCUT2D eigenvalue weighted by molar-refractivity contribution is 9.10. The standard InChI is InChI=1S/C12H10BrN3S/c1-16(7-11-5-9(13)8-17-11)12-4-2-3-10(6-14)15-12/h2-5,8H,7H2,1H3. The summed E-state index contributed by atoms with van der Waals surface area (Å²) in [5.41, 5.74) is 0.446. The first-order valence-electron chi connectivity index (χ1n) is 5.00. The van der Waals surface area contributed by atoms with Crippen LogP contribution in [0.5, 0.6) is 0 Å². The van der Waals surface area contributed by atoms with E-state index in [1.165, 1.54) is 4.88 Å². The van der Waals surface area contributed by atoms with Gasteiger partial charge in [-0.25, -0.2) is 4.98 Å². The Balaban J connectivity index is 2.14. The highest BCUT2D eigenvalue weighted by Crippen LogP contribution is 2.22. The molecule has 2 aromatic heterocycles. The highest BCUT2D eigenvalue weighted by atomic mass is 79.9. The second-order valence-electron chi connectivity index (χ2n) is 3.58. The molecule has 0 spiro atoms. The smallest absolute Gasteiger partial charge is 0.142 e. The summed E-state index contributed by atoms with van der Waals surface area (Å²) in [4.78, 5) is 7.53. The molecule has 0 amide bonds. The largest absolute Gasteiger partial charge is 0.354 e. The van der Waals surface area contributed by atoms with E-state index in [1.54, 1.807) is 17.4 Å². The third-order valence-electron chi connectivity index (χ3n) is 2.25. The van der Waals surface area contributed by atoms with Crippen LogP contribution in [0, 0.1) is 11.3 Å². The molecule has 2 heterocycles. The highest BCUT2D eigenvalue weighted by Gasteiger charge is 2.06. The van der Waals surface area contributed by atoms with Gasteiger partial charge in [0.1, 0.15) is 17.6 Å². The van der Waals surface area contributed by atoms with E-state index in [0.717, 1.165) is 16.8 Å². The van der Waals surface area contributed by atoms with Crippen LogP contribution in [0.1, 0.15) is 10.6 Å². The molecule has 0 saturated heterocycles. The average molecular weight is 308 g/mol. The Morgan fingerprint density at radius 2 is 2.35 bits per heavy atom. The number of halogens is 1. The Morgan fingerprint density at radius 1 is 1.53 bits per heavy atom. The maximum absolute atomic E-state index is 8.80. The van der Waals surface area contributed by atoms with Crippen LogP contribution in [-0.2, 0) is 6.54 Å². The number of thiophene rings is 1. The summed E-state index contributed by atoms with van der Waals surface area (Å²) in [5, 5.41) is 10.9. The summed E-state index contributed by atoms with van der Waals surface area (Å²) in [6, 6.07) is 9.60. The van der Waals surface area contributed by atoms with Crippen molar-refractivity contribution in [3.8, 4) is 6.07 Å². The van der Waals surface area contributed by atoms with Gasteiger partial charge in [-0.1, -0.05) is 6.07 Å². The van der Waals surface area contributed by atoms with Crippen molar-refractivity contribution in [3.05, 3.63) is 44.7 Å². The van der Waals surface area contributed by atoms with Crippen molar-refractivity contribution in [3.63, 3.8) is 0 Å². The van der Waals surface area contributed by atoms with Crippen molar-refractivity contribution < 1.29 is 0 Å². The van der Waals surface area contributed by atoms with Crippen molar-refractivity contribution in [1.82, 2.24) is 4.98 Å². The lowest BCUT2D eigenvalue weighted by Crippen LogP contribution is -2.17. The van der Waals surface area contributed by atoms with E-state index in [1.807, 2.05) is 30.1 Å². The minimum atomic E-state index is 0.446. The molecule has 0 aliphatic rings. The average Bonchev–Trinajstić information content (AvgIpc) is 2.75. The lowest BCUT2D eigenvalue weighted by atomic mass is 10.3. The van der Waals surface area contributed by atoms with E-state index in [9.17, 15) is 0 Å². The van der Waals surface area contributed by atoms with E-state index in [0.29, 0.717) is 5.69 Å². The molecule has 0 radical (unpaired) electrons. The zero-order chi connectivity index (χ0) is 12.3. The van der Waals surface area contributed by atoms with Crippen LogP contribution >= 0.6 is 27.3 Å². The quantitative estimate of drug-likeness (QED) is 0.872. The molecule has 17 heavy (non-hydrogen) atoms. The molecule has 0 saturated carbocycles. The van der Waals surface area contributed by atoms with Crippen molar-refractivity contribution in [2.45, 2.75) is 6.54 Å². The fourth-order valence-corrected chi connectivity index (χ4v) is 2.95. The molecular formula is C12H10BrN3S. The number of nitrogens with zero attached hydrogens (tertiary/aromatic N) is 3. The van der Waals surface area contributed by atoms with Crippen LogP contribution in [0.4, 0.5) is 5.82 Å². The molecule has 2 rings (SSSR count). The second-order valence-corrected chi connectivity index (χ2v) is 5.49. The number of nitriles is 1. The van der Waals surface area contributed by atoms with Gasteiger partial charge >= 0.3 is 0 Å². The monoisotopic (exact) mass is 307 g/mol. The van der Waals surface area contributed by atoms with Gasteiger partial charge in [-0.05, 0) is 34.1 Å². The zero-order valence-corrected chi connectivity index (χ0v) is 11.6. The fourth-order valence-electron chi connectivity index (χ4n) is 1.45. The zero-order valence-electron chi connectivity index (χ0n) is 9.22. The van der Waals surface area contributed by atoms with Crippen molar-refractivity contribution >= 4 is 33.1 Å². The minimum absolute atomic E-state index is 0.446. The SMILES string of the molecule is CN(Cc1cc(Br)cs1)c1cccc(C#N)n1. The van der Waals surface area contributed by atoms with Crippen molar-refractivity contribution in [2.24, 2.45) is 0 Å². The predicted molar refractivity (Wildman–Crippen MR) is 73.1 cm³/mol. The lowest BCUT2D eigenvalue weighted by molar-refractivity contribution is 0.910. The molecule has 0 bridgehead atoms. The minimum Gasteiger partial charge on any atom is -0.354 e. The lowest BCUT2D eigenvalue weighted by Gasteiger charge is -2.16. The second kappa shape index (κ2) is 5.30. The summed E-state index contributed by atoms with van der Waals surface area (Å²) in [5.74, 6) is 0.813. The van der Waals surface area contributed by atoms with Gasteiger partial charge in [-0.2, -0.15) is 5.26 Å². The molecule has 0 unspecified atom stereocenters. The van der Waals surface area contributed by atoms with Gasteiger partial charge in [0.05, 0.1) is 6.54 Å². The molecule has 0 aliphatic heterocycles. The van der Waals surface area contributed by atoms with Crippen LogP contribution in [0.15, 0.2) is 34.1 Å². The topological polar surface area (TPSA) is 39.9 Å². The fraction of sp³-hybridized carbons (Fsp3) is 0.167. The first-order chi connectivity index (χ1) is 8.19. The van der Waals surface area contributed by atoms with Crippen molar-refractivity contribution in [1.29, 1.82) is 5.26 Å². The molecule has 0 atom stereocenters. The summed E-state index contributed by atoms with van der Waals surface area (Å²) in [6.45, 7) is 0.790. The molecule has 3 nitrogen and oxygen atoms in total. The molecule has 0 aliphatic carbocycles. The summed E-state index contributed by atoms with van der Waals surface area (Å²) in [7, 11) is 1.97. The van der Waals surface area contributed by atoms with E-state index in [2.05, 4.69) is 32.4 Å². The van der Waals surface area contributed by atoms with E-state index >= 15 is 0 Å². The van der Waals surface area contributed by atoms with Crippen LogP contribution in [0.25, 0.3) is 0 Å². The number of rotatable bonds is 3. The normalized spacial score (nSPS) is 9.94. The van der Waals surface area contributed by atoms with Crippen LogP contribution in [-0.4, -0.2) is 12.0 Å². The maximum Gasteiger partial charge on any atom is 0.142 e. The number of hydrogen-bond donors (Lipinski definition) is 0. The van der Waals surface area contributed by atoms with Crippen molar-refractivity contribution in [2.75, 3.05) is 11.9 Å². The first-order valence-corrected chi connectivity index (χ1v) is 6.67. The Kier molecular flexibility index (Phi) is 3.77. The number of hydrogen-bond acceptors (Lipinski definition) is 4. The number of aromatic nitrogens is 1. The van der Waals surface area contributed by atoms with Gasteiger partial charge in [-0.3, -0.25) is 0 Å². The van der Waals surface area contributed by atoms with Gasteiger partial charge in [0.2, 0.25) is 0 Å². The Bertz CT molecular complexity index is 559. The van der Waals surface area contributed by atoms with Gasteiger partial charge in [0.15, 0.2) is 0 Å². The van der Waals surface area contributed by atoms with E-state index < -0.39 is 0 Å². The summed E-state index contributed by atoms with van der Waals surface area (Å²) in [6.07, 6.45) is 0. The van der Waals surface area contributed by atoms with Crippen LogP contribution in [0.2, 0.25) is 0 Å². The molecule has 2 aromatic rings. The van der Waals surface area contributed by atoms with E-state index in [-0.39, 0.29) is 0 Å².